The Hall–Kier alpha value is -3.53. The number of aromatic nitrogens is 3. The molecule has 0 unspecified atom stereocenters. The molecular weight excluding hydrogens is 444 g/mol. The summed E-state index contributed by atoms with van der Waals surface area (Å²) in [6, 6.07) is 12.3. The van der Waals surface area contributed by atoms with Gasteiger partial charge in [0.05, 0.1) is 32.6 Å². The van der Waals surface area contributed by atoms with Crippen molar-refractivity contribution in [3.8, 4) is 11.5 Å². The molecule has 0 atom stereocenters. The van der Waals surface area contributed by atoms with Gasteiger partial charge in [-0.2, -0.15) is 0 Å². The number of amides is 1. The van der Waals surface area contributed by atoms with Crippen LogP contribution in [0.4, 0.5) is 5.69 Å². The first kappa shape index (κ1) is 24.1. The van der Waals surface area contributed by atoms with Crippen molar-refractivity contribution in [3.63, 3.8) is 0 Å². The average molecular weight is 471 g/mol. The number of benzene rings is 2. The van der Waals surface area contributed by atoms with Crippen LogP contribution < -0.4 is 14.8 Å². The molecule has 1 amide bonds. The third kappa shape index (κ3) is 6.04. The number of hydrogen-bond donors (Lipinski definition) is 1. The van der Waals surface area contributed by atoms with Crippen molar-refractivity contribution in [1.29, 1.82) is 0 Å². The van der Waals surface area contributed by atoms with Crippen LogP contribution in [0, 0.1) is 0 Å². The van der Waals surface area contributed by atoms with Crippen molar-refractivity contribution in [2.75, 3.05) is 32.4 Å². The van der Waals surface area contributed by atoms with Gasteiger partial charge in [0.15, 0.2) is 16.7 Å². The number of anilines is 1. The zero-order valence-electron chi connectivity index (χ0n) is 19.0. The Morgan fingerprint density at radius 3 is 2.52 bits per heavy atom. The van der Waals surface area contributed by atoms with Gasteiger partial charge in [-0.15, -0.1) is 10.2 Å². The van der Waals surface area contributed by atoms with Crippen LogP contribution in [0.5, 0.6) is 11.5 Å². The van der Waals surface area contributed by atoms with Gasteiger partial charge in [-0.1, -0.05) is 23.9 Å². The highest BCUT2D eigenvalue weighted by Gasteiger charge is 2.15. The van der Waals surface area contributed by atoms with Gasteiger partial charge < -0.3 is 24.1 Å². The predicted octanol–water partition coefficient (Wildman–Crippen LogP) is 3.42. The molecule has 0 saturated carbocycles. The Morgan fingerprint density at radius 2 is 1.82 bits per heavy atom. The first-order valence-electron chi connectivity index (χ1n) is 10.2. The van der Waals surface area contributed by atoms with Crippen LogP contribution in [-0.2, 0) is 22.5 Å². The monoisotopic (exact) mass is 470 g/mol. The van der Waals surface area contributed by atoms with E-state index >= 15 is 0 Å². The Kier molecular flexibility index (Phi) is 8.31. The summed E-state index contributed by atoms with van der Waals surface area (Å²) in [7, 11) is 4.51. The van der Waals surface area contributed by atoms with Crippen LogP contribution in [-0.4, -0.2) is 53.7 Å². The molecule has 0 aliphatic rings. The molecule has 10 heteroatoms. The third-order valence-electron chi connectivity index (χ3n) is 4.82. The molecule has 1 N–H and O–H groups in total. The molecule has 3 aromatic rings. The van der Waals surface area contributed by atoms with Crippen LogP contribution in [0.2, 0.25) is 0 Å². The Bertz CT molecular complexity index is 1130. The molecule has 0 radical (unpaired) electrons. The number of thioether (sulfide) groups is 1. The van der Waals surface area contributed by atoms with Crippen molar-refractivity contribution in [3.05, 3.63) is 59.4 Å². The molecule has 1 aromatic heterocycles. The zero-order valence-corrected chi connectivity index (χ0v) is 19.8. The number of ether oxygens (including phenoxy) is 3. The van der Waals surface area contributed by atoms with Crippen molar-refractivity contribution in [2.45, 2.75) is 25.0 Å². The normalized spacial score (nSPS) is 10.5. The number of nitrogens with one attached hydrogen (secondary N) is 1. The van der Waals surface area contributed by atoms with Crippen LogP contribution in [0.25, 0.3) is 0 Å². The fraction of sp³-hybridized carbons (Fsp3) is 0.304. The predicted molar refractivity (Wildman–Crippen MR) is 125 cm³/mol. The maximum Gasteiger partial charge on any atom is 0.337 e. The van der Waals surface area contributed by atoms with Gasteiger partial charge in [0.25, 0.3) is 0 Å². The number of carbonyl (C=O) groups excluding carboxylic acids is 2. The molecule has 33 heavy (non-hydrogen) atoms. The lowest BCUT2D eigenvalue weighted by molar-refractivity contribution is -0.113. The highest BCUT2D eigenvalue weighted by Crippen LogP contribution is 2.29. The molecule has 0 fully saturated rings. The summed E-state index contributed by atoms with van der Waals surface area (Å²) in [6.45, 7) is 2.67. The third-order valence-corrected chi connectivity index (χ3v) is 5.79. The minimum absolute atomic E-state index is 0.150. The number of methoxy groups -OCH3 is 3. The summed E-state index contributed by atoms with van der Waals surface area (Å²) >= 11 is 1.30. The number of nitrogens with zero attached hydrogens (tertiary/aromatic N) is 3. The maximum absolute atomic E-state index is 12.4. The van der Waals surface area contributed by atoms with E-state index in [9.17, 15) is 9.59 Å². The average Bonchev–Trinajstić information content (AvgIpc) is 3.23. The van der Waals surface area contributed by atoms with Crippen LogP contribution >= 0.6 is 11.8 Å². The van der Waals surface area contributed by atoms with Crippen molar-refractivity contribution in [1.82, 2.24) is 14.8 Å². The highest BCUT2D eigenvalue weighted by molar-refractivity contribution is 7.99. The number of hydrogen-bond acceptors (Lipinski definition) is 8. The van der Waals surface area contributed by atoms with Gasteiger partial charge >= 0.3 is 5.97 Å². The van der Waals surface area contributed by atoms with Gasteiger partial charge in [-0.05, 0) is 42.8 Å². The van der Waals surface area contributed by atoms with E-state index in [0.29, 0.717) is 40.9 Å². The highest BCUT2D eigenvalue weighted by atomic mass is 32.2. The number of rotatable bonds is 10. The SMILES string of the molecule is CCn1c(Cc2ccc(OC)c(OC)c2)nnc1SCC(=O)Nc1cccc(C(=O)OC)c1. The first-order chi connectivity index (χ1) is 16.0. The Balaban J connectivity index is 1.64. The van der Waals surface area contributed by atoms with Crippen LogP contribution in [0.3, 0.4) is 0 Å². The fourth-order valence-electron chi connectivity index (χ4n) is 3.22. The number of carbonyl (C=O) groups is 2. The van der Waals surface area contributed by atoms with E-state index in [1.807, 2.05) is 29.7 Å². The molecule has 9 nitrogen and oxygen atoms in total. The summed E-state index contributed by atoms with van der Waals surface area (Å²) in [4.78, 5) is 24.1. The minimum atomic E-state index is -0.460. The van der Waals surface area contributed by atoms with E-state index in [1.54, 1.807) is 38.5 Å². The van der Waals surface area contributed by atoms with Crippen molar-refractivity contribution < 1.29 is 23.8 Å². The Labute approximate surface area is 196 Å². The van der Waals surface area contributed by atoms with Gasteiger partial charge in [-0.25, -0.2) is 4.79 Å². The van der Waals surface area contributed by atoms with E-state index in [2.05, 4.69) is 15.5 Å². The lowest BCUT2D eigenvalue weighted by atomic mass is 10.1. The van der Waals surface area contributed by atoms with Gasteiger partial charge in [0.2, 0.25) is 5.91 Å². The molecule has 0 saturated heterocycles. The first-order valence-corrected chi connectivity index (χ1v) is 11.2. The second kappa shape index (κ2) is 11.4. The van der Waals surface area contributed by atoms with Crippen LogP contribution in [0.15, 0.2) is 47.6 Å². The smallest absolute Gasteiger partial charge is 0.337 e. The van der Waals surface area contributed by atoms with Gasteiger partial charge in [0.1, 0.15) is 5.82 Å². The molecule has 0 bridgehead atoms. The molecule has 0 aliphatic carbocycles. The summed E-state index contributed by atoms with van der Waals surface area (Å²) in [5, 5.41) is 12.0. The maximum atomic E-state index is 12.4. The van der Waals surface area contributed by atoms with E-state index < -0.39 is 5.97 Å². The topological polar surface area (TPSA) is 105 Å². The molecule has 2 aromatic carbocycles. The standard InChI is InChI=1S/C23H26N4O5S/c1-5-27-20(12-15-9-10-18(30-2)19(11-15)31-3)25-26-23(27)33-14-21(28)24-17-8-6-7-16(13-17)22(29)32-4/h6-11,13H,5,12,14H2,1-4H3,(H,24,28). The summed E-state index contributed by atoms with van der Waals surface area (Å²) in [6.07, 6.45) is 0.564. The lowest BCUT2D eigenvalue weighted by Crippen LogP contribution is -2.15. The van der Waals surface area contributed by atoms with Crippen molar-refractivity contribution >= 4 is 29.3 Å². The Morgan fingerprint density at radius 1 is 1.03 bits per heavy atom. The fourth-order valence-corrected chi connectivity index (χ4v) is 4.04. The zero-order chi connectivity index (χ0) is 23.8. The molecule has 0 aliphatic heterocycles. The quantitative estimate of drug-likeness (QED) is 0.355. The van der Waals surface area contributed by atoms with E-state index in [0.717, 1.165) is 11.4 Å². The largest absolute Gasteiger partial charge is 0.493 e. The molecule has 1 heterocycles. The molecule has 174 valence electrons. The summed E-state index contributed by atoms with van der Waals surface area (Å²) < 4.78 is 17.4. The molecular formula is C23H26N4O5S. The molecule has 0 spiro atoms. The van der Waals surface area contributed by atoms with E-state index in [1.165, 1.54) is 18.9 Å². The second-order valence-electron chi connectivity index (χ2n) is 6.92. The lowest BCUT2D eigenvalue weighted by Gasteiger charge is -2.11. The van der Waals surface area contributed by atoms with Crippen molar-refractivity contribution in [2.24, 2.45) is 0 Å². The van der Waals surface area contributed by atoms with Crippen LogP contribution in [0.1, 0.15) is 28.7 Å². The van der Waals surface area contributed by atoms with Gasteiger partial charge in [0, 0.05) is 18.7 Å². The summed E-state index contributed by atoms with van der Waals surface area (Å²) in [5.41, 5.74) is 1.90. The van der Waals surface area contributed by atoms with E-state index in [-0.39, 0.29) is 11.7 Å². The van der Waals surface area contributed by atoms with E-state index in [4.69, 9.17) is 14.2 Å². The molecule has 3 rings (SSSR count). The van der Waals surface area contributed by atoms with Gasteiger partial charge in [-0.3, -0.25) is 4.79 Å². The second-order valence-corrected chi connectivity index (χ2v) is 7.86. The minimum Gasteiger partial charge on any atom is -0.493 e. The number of esters is 1. The summed E-state index contributed by atoms with van der Waals surface area (Å²) in [5.74, 6) is 1.58.